The summed E-state index contributed by atoms with van der Waals surface area (Å²) in [5.74, 6) is 2.30. The fourth-order valence-corrected chi connectivity index (χ4v) is 3.47. The molecule has 28 heavy (non-hydrogen) atoms. The second kappa shape index (κ2) is 8.37. The van der Waals surface area contributed by atoms with Crippen LogP contribution in [0.5, 0.6) is 0 Å². The first-order valence-corrected chi connectivity index (χ1v) is 9.77. The number of pyridine rings is 1. The van der Waals surface area contributed by atoms with E-state index in [1.165, 1.54) is 11.8 Å². The molecule has 0 aliphatic carbocycles. The van der Waals surface area contributed by atoms with Crippen LogP contribution in [-0.4, -0.2) is 29.9 Å². The summed E-state index contributed by atoms with van der Waals surface area (Å²) in [7, 11) is 0. The van der Waals surface area contributed by atoms with Gasteiger partial charge in [0.1, 0.15) is 0 Å². The quantitative estimate of drug-likeness (QED) is 0.327. The average molecular weight is 411 g/mol. The fraction of sp³-hybridized carbons (Fsp3) is 0.105. The van der Waals surface area contributed by atoms with E-state index >= 15 is 0 Å². The molecule has 0 amide bonds. The molecule has 0 saturated heterocycles. The highest BCUT2D eigenvalue weighted by molar-refractivity contribution is 7.98. The lowest BCUT2D eigenvalue weighted by Gasteiger charge is -2.06. The second-order valence-corrected chi connectivity index (χ2v) is 7.13. The van der Waals surface area contributed by atoms with Gasteiger partial charge in [-0.05, 0) is 36.4 Å². The highest BCUT2D eigenvalue weighted by atomic mass is 35.5. The molecular weight excluding hydrogens is 396 g/mol. The zero-order valence-corrected chi connectivity index (χ0v) is 16.3. The molecule has 4 rings (SSSR count). The summed E-state index contributed by atoms with van der Waals surface area (Å²) in [6.45, 7) is 4.42. The molecule has 1 aromatic carbocycles. The van der Waals surface area contributed by atoms with Gasteiger partial charge in [0, 0.05) is 35.1 Å². The summed E-state index contributed by atoms with van der Waals surface area (Å²) < 4.78 is 7.34. The van der Waals surface area contributed by atoms with Crippen LogP contribution in [0.25, 0.3) is 22.8 Å². The first kappa shape index (κ1) is 18.4. The number of hydrogen-bond donors (Lipinski definition) is 0. The molecule has 0 unspecified atom stereocenters. The maximum Gasteiger partial charge on any atom is 0.257 e. The van der Waals surface area contributed by atoms with Gasteiger partial charge in [-0.2, -0.15) is 4.98 Å². The van der Waals surface area contributed by atoms with Gasteiger partial charge in [-0.25, -0.2) is 0 Å². The number of halogens is 1. The van der Waals surface area contributed by atoms with Crippen LogP contribution >= 0.6 is 23.4 Å². The number of hydrogen-bond acceptors (Lipinski definition) is 7. The van der Waals surface area contributed by atoms with E-state index in [1.54, 1.807) is 24.5 Å². The summed E-state index contributed by atoms with van der Waals surface area (Å²) in [4.78, 5) is 8.48. The predicted octanol–water partition coefficient (Wildman–Crippen LogP) is 4.52. The van der Waals surface area contributed by atoms with E-state index in [4.69, 9.17) is 16.1 Å². The molecule has 3 aromatic heterocycles. The minimum Gasteiger partial charge on any atom is -0.334 e. The lowest BCUT2D eigenvalue weighted by Crippen LogP contribution is -2.01. The molecule has 9 heteroatoms. The van der Waals surface area contributed by atoms with Crippen molar-refractivity contribution in [2.75, 3.05) is 0 Å². The Morgan fingerprint density at radius 1 is 1.07 bits per heavy atom. The number of benzene rings is 1. The molecule has 140 valence electrons. The first-order valence-electron chi connectivity index (χ1n) is 8.40. The number of nitrogens with zero attached hydrogens (tertiary/aromatic N) is 6. The highest BCUT2D eigenvalue weighted by Crippen LogP contribution is 2.26. The Morgan fingerprint density at radius 3 is 2.61 bits per heavy atom. The molecule has 0 aliphatic rings. The molecule has 4 aromatic rings. The standard InChI is InChI=1S/C19H15ClN6OS/c1-2-11-26-17(13-7-9-21-10-8-13)23-24-19(26)28-12-16-22-18(27-25-16)14-3-5-15(20)6-4-14/h2-10H,1,11-12H2. The Balaban J connectivity index is 1.52. The van der Waals surface area contributed by atoms with Gasteiger partial charge in [-0.3, -0.25) is 9.55 Å². The van der Waals surface area contributed by atoms with E-state index in [0.29, 0.717) is 29.0 Å². The van der Waals surface area contributed by atoms with Crippen LogP contribution in [0.2, 0.25) is 5.02 Å². The van der Waals surface area contributed by atoms with E-state index in [-0.39, 0.29) is 0 Å². The summed E-state index contributed by atoms with van der Waals surface area (Å²) in [6.07, 6.45) is 5.27. The zero-order chi connectivity index (χ0) is 19.3. The third-order valence-electron chi connectivity index (χ3n) is 3.86. The van der Waals surface area contributed by atoms with Crippen LogP contribution in [0, 0.1) is 0 Å². The third kappa shape index (κ3) is 3.97. The summed E-state index contributed by atoms with van der Waals surface area (Å²) in [5.41, 5.74) is 1.77. The Bertz CT molecular complexity index is 1080. The molecule has 3 heterocycles. The summed E-state index contributed by atoms with van der Waals surface area (Å²) in [5, 5.41) is 14.1. The lowest BCUT2D eigenvalue weighted by atomic mass is 10.2. The van der Waals surface area contributed by atoms with Gasteiger partial charge in [0.2, 0.25) is 0 Å². The van der Waals surface area contributed by atoms with Crippen molar-refractivity contribution in [2.24, 2.45) is 0 Å². The lowest BCUT2D eigenvalue weighted by molar-refractivity contribution is 0.425. The SMILES string of the molecule is C=CCn1c(SCc2noc(-c3ccc(Cl)cc3)n2)nnc1-c1ccncc1. The van der Waals surface area contributed by atoms with Crippen LogP contribution in [0.4, 0.5) is 0 Å². The Labute approximate surface area is 170 Å². The largest absolute Gasteiger partial charge is 0.334 e. The Morgan fingerprint density at radius 2 is 1.86 bits per heavy atom. The molecule has 0 fully saturated rings. The maximum absolute atomic E-state index is 5.91. The number of allylic oxidation sites excluding steroid dienone is 1. The number of thioether (sulfide) groups is 1. The topological polar surface area (TPSA) is 82.5 Å². The average Bonchev–Trinajstić information content (AvgIpc) is 3.35. The first-order chi connectivity index (χ1) is 13.7. The van der Waals surface area contributed by atoms with Crippen molar-refractivity contribution >= 4 is 23.4 Å². The fourth-order valence-electron chi connectivity index (χ4n) is 2.56. The van der Waals surface area contributed by atoms with E-state index in [9.17, 15) is 0 Å². The monoisotopic (exact) mass is 410 g/mol. The van der Waals surface area contributed by atoms with Gasteiger partial charge in [-0.1, -0.05) is 34.6 Å². The highest BCUT2D eigenvalue weighted by Gasteiger charge is 2.15. The van der Waals surface area contributed by atoms with E-state index < -0.39 is 0 Å². The van der Waals surface area contributed by atoms with Crippen molar-refractivity contribution in [1.29, 1.82) is 0 Å². The maximum atomic E-state index is 5.91. The molecule has 0 spiro atoms. The Hall–Kier alpha value is -2.97. The van der Waals surface area contributed by atoms with Crippen LogP contribution in [0.3, 0.4) is 0 Å². The molecule has 0 atom stereocenters. The van der Waals surface area contributed by atoms with Gasteiger partial charge in [0.05, 0.1) is 5.75 Å². The normalized spacial score (nSPS) is 10.9. The molecule has 0 aliphatic heterocycles. The van der Waals surface area contributed by atoms with Crippen LogP contribution < -0.4 is 0 Å². The smallest absolute Gasteiger partial charge is 0.257 e. The molecule has 0 radical (unpaired) electrons. The van der Waals surface area contributed by atoms with Gasteiger partial charge in [0.15, 0.2) is 16.8 Å². The molecular formula is C19H15ClN6OS. The minimum absolute atomic E-state index is 0.456. The van der Waals surface area contributed by atoms with E-state index in [0.717, 1.165) is 22.1 Å². The molecule has 0 bridgehead atoms. The predicted molar refractivity (Wildman–Crippen MR) is 108 cm³/mol. The Kier molecular flexibility index (Phi) is 5.50. The van der Waals surface area contributed by atoms with Crippen molar-refractivity contribution < 1.29 is 4.52 Å². The molecule has 0 saturated carbocycles. The number of aromatic nitrogens is 6. The van der Waals surface area contributed by atoms with Gasteiger partial charge in [0.25, 0.3) is 5.89 Å². The minimum atomic E-state index is 0.456. The van der Waals surface area contributed by atoms with Gasteiger partial charge in [-0.15, -0.1) is 16.8 Å². The second-order valence-electron chi connectivity index (χ2n) is 5.75. The van der Waals surface area contributed by atoms with Gasteiger partial charge < -0.3 is 4.52 Å². The van der Waals surface area contributed by atoms with Crippen molar-refractivity contribution in [3.63, 3.8) is 0 Å². The van der Waals surface area contributed by atoms with Crippen molar-refractivity contribution in [1.82, 2.24) is 29.9 Å². The van der Waals surface area contributed by atoms with Crippen LogP contribution in [0.15, 0.2) is 71.1 Å². The zero-order valence-electron chi connectivity index (χ0n) is 14.7. The summed E-state index contributed by atoms with van der Waals surface area (Å²) >= 11 is 7.40. The van der Waals surface area contributed by atoms with Crippen molar-refractivity contribution in [3.05, 3.63) is 72.3 Å². The molecule has 7 nitrogen and oxygen atoms in total. The van der Waals surface area contributed by atoms with Crippen molar-refractivity contribution in [2.45, 2.75) is 17.5 Å². The number of rotatable bonds is 7. The third-order valence-corrected chi connectivity index (χ3v) is 5.07. The molecule has 0 N–H and O–H groups in total. The van der Waals surface area contributed by atoms with E-state index in [1.807, 2.05) is 34.9 Å². The van der Waals surface area contributed by atoms with Crippen LogP contribution in [0.1, 0.15) is 5.82 Å². The van der Waals surface area contributed by atoms with E-state index in [2.05, 4.69) is 31.9 Å². The van der Waals surface area contributed by atoms with Gasteiger partial charge >= 0.3 is 0 Å². The summed E-state index contributed by atoms with van der Waals surface area (Å²) in [6, 6.07) is 11.1. The van der Waals surface area contributed by atoms with Crippen LogP contribution in [-0.2, 0) is 12.3 Å². The van der Waals surface area contributed by atoms with Crippen molar-refractivity contribution in [3.8, 4) is 22.8 Å².